The molecule has 0 spiro atoms. The van der Waals surface area contributed by atoms with Crippen LogP contribution in [-0.2, 0) is 9.53 Å². The Morgan fingerprint density at radius 3 is 2.71 bits per heavy atom. The maximum absolute atomic E-state index is 11.8. The first kappa shape index (κ1) is 14.3. The summed E-state index contributed by atoms with van der Waals surface area (Å²) in [5, 5.41) is 0.863. The Labute approximate surface area is 111 Å². The summed E-state index contributed by atoms with van der Waals surface area (Å²) in [7, 11) is 0. The molecule has 0 aliphatic heterocycles. The second-order valence-electron chi connectivity index (χ2n) is 4.58. The van der Waals surface area contributed by atoms with Crippen LogP contribution in [0.5, 0.6) is 0 Å². The molecule has 94 valence electrons. The molecule has 1 unspecified atom stereocenters. The van der Waals surface area contributed by atoms with E-state index in [2.05, 4.69) is 4.98 Å². The molecule has 0 aliphatic carbocycles. The third kappa shape index (κ3) is 4.96. The van der Waals surface area contributed by atoms with Gasteiger partial charge in [0.1, 0.15) is 15.9 Å². The lowest BCUT2D eigenvalue weighted by Crippen LogP contribution is -2.28. The lowest BCUT2D eigenvalue weighted by Gasteiger charge is -2.21. The number of halogens is 1. The second-order valence-corrected chi connectivity index (χ2v) is 6.32. The molecule has 1 aromatic rings. The number of aromatic nitrogens is 1. The van der Waals surface area contributed by atoms with Crippen molar-refractivity contribution in [1.82, 2.24) is 4.98 Å². The number of pyridine rings is 1. The number of thioether (sulfide) groups is 1. The molecular weight excluding hydrogens is 258 g/mol. The highest BCUT2D eigenvalue weighted by Gasteiger charge is 2.23. The summed E-state index contributed by atoms with van der Waals surface area (Å²) < 4.78 is 5.28. The van der Waals surface area contributed by atoms with Crippen LogP contribution in [0.3, 0.4) is 0 Å². The average molecular weight is 274 g/mol. The highest BCUT2D eigenvalue weighted by molar-refractivity contribution is 8.00. The van der Waals surface area contributed by atoms with Crippen LogP contribution in [0.1, 0.15) is 27.7 Å². The number of nitrogens with zero attached hydrogens (tertiary/aromatic N) is 1. The SMILES string of the molecule is CC(Sc1ncccc1Cl)C(=O)OC(C)(C)C. The number of hydrogen-bond acceptors (Lipinski definition) is 4. The molecule has 0 fully saturated rings. The lowest BCUT2D eigenvalue weighted by atomic mass is 10.2. The fourth-order valence-electron chi connectivity index (χ4n) is 1.06. The number of carbonyl (C=O) groups is 1. The summed E-state index contributed by atoms with van der Waals surface area (Å²) in [5.74, 6) is -0.260. The minimum atomic E-state index is -0.472. The molecule has 1 rings (SSSR count). The van der Waals surface area contributed by atoms with Gasteiger partial charge >= 0.3 is 5.97 Å². The monoisotopic (exact) mass is 273 g/mol. The smallest absolute Gasteiger partial charge is 0.319 e. The highest BCUT2D eigenvalue weighted by atomic mass is 35.5. The molecule has 0 saturated carbocycles. The molecule has 0 amide bonds. The van der Waals surface area contributed by atoms with Gasteiger partial charge in [-0.15, -0.1) is 0 Å². The molecule has 1 heterocycles. The predicted molar refractivity (Wildman–Crippen MR) is 70.4 cm³/mol. The van der Waals surface area contributed by atoms with Crippen LogP contribution in [0.4, 0.5) is 0 Å². The maximum Gasteiger partial charge on any atom is 0.319 e. The van der Waals surface area contributed by atoms with Crippen LogP contribution in [0, 0.1) is 0 Å². The van der Waals surface area contributed by atoms with Crippen LogP contribution in [-0.4, -0.2) is 21.8 Å². The number of esters is 1. The maximum atomic E-state index is 11.8. The Balaban J connectivity index is 2.64. The molecule has 0 radical (unpaired) electrons. The molecule has 1 atom stereocenters. The van der Waals surface area contributed by atoms with Crippen molar-refractivity contribution < 1.29 is 9.53 Å². The molecule has 1 aromatic heterocycles. The molecule has 0 bridgehead atoms. The van der Waals surface area contributed by atoms with Crippen molar-refractivity contribution in [2.75, 3.05) is 0 Å². The normalized spacial score (nSPS) is 13.2. The van der Waals surface area contributed by atoms with Crippen LogP contribution >= 0.6 is 23.4 Å². The van der Waals surface area contributed by atoms with Gasteiger partial charge in [-0.05, 0) is 39.8 Å². The standard InChI is InChI=1S/C12H16ClNO2S/c1-8(11(15)16-12(2,3)4)17-10-9(13)6-5-7-14-10/h5-8H,1-4H3. The third-order valence-electron chi connectivity index (χ3n) is 1.75. The van der Waals surface area contributed by atoms with E-state index < -0.39 is 5.60 Å². The number of rotatable bonds is 3. The fraction of sp³-hybridized carbons (Fsp3) is 0.500. The first-order valence-electron chi connectivity index (χ1n) is 5.29. The summed E-state index contributed by atoms with van der Waals surface area (Å²) in [6.07, 6.45) is 1.65. The summed E-state index contributed by atoms with van der Waals surface area (Å²) in [6.45, 7) is 7.31. The van der Waals surface area contributed by atoms with E-state index in [1.54, 1.807) is 25.3 Å². The molecule has 3 nitrogen and oxygen atoms in total. The van der Waals surface area contributed by atoms with E-state index in [1.807, 2.05) is 20.8 Å². The second kappa shape index (κ2) is 5.74. The Kier molecular flexibility index (Phi) is 4.83. The largest absolute Gasteiger partial charge is 0.459 e. The number of hydrogen-bond donors (Lipinski definition) is 0. The Morgan fingerprint density at radius 2 is 2.18 bits per heavy atom. The van der Waals surface area contributed by atoms with Gasteiger partial charge in [0.15, 0.2) is 0 Å². The molecule has 0 N–H and O–H groups in total. The minimum absolute atomic E-state index is 0.260. The predicted octanol–water partition coefficient (Wildman–Crippen LogP) is 3.56. The van der Waals surface area contributed by atoms with Gasteiger partial charge in [0.05, 0.1) is 5.02 Å². The topological polar surface area (TPSA) is 39.2 Å². The van der Waals surface area contributed by atoms with Crippen molar-refractivity contribution in [3.05, 3.63) is 23.4 Å². The van der Waals surface area contributed by atoms with E-state index in [9.17, 15) is 4.79 Å². The Bertz CT molecular complexity index is 404. The Morgan fingerprint density at radius 1 is 1.53 bits per heavy atom. The molecule has 0 aromatic carbocycles. The van der Waals surface area contributed by atoms with Gasteiger partial charge in [-0.2, -0.15) is 0 Å². The molecular formula is C12H16ClNO2S. The fourth-order valence-corrected chi connectivity index (χ4v) is 2.09. The van der Waals surface area contributed by atoms with Crippen LogP contribution in [0.2, 0.25) is 5.02 Å². The first-order chi connectivity index (χ1) is 7.79. The molecule has 0 aliphatic rings. The van der Waals surface area contributed by atoms with Crippen molar-refractivity contribution in [2.45, 2.75) is 43.6 Å². The zero-order valence-corrected chi connectivity index (χ0v) is 11.9. The quantitative estimate of drug-likeness (QED) is 0.624. The van der Waals surface area contributed by atoms with Crippen molar-refractivity contribution in [3.8, 4) is 0 Å². The van der Waals surface area contributed by atoms with Crippen LogP contribution < -0.4 is 0 Å². The van der Waals surface area contributed by atoms with Crippen molar-refractivity contribution in [3.63, 3.8) is 0 Å². The van der Waals surface area contributed by atoms with Crippen molar-refractivity contribution >= 4 is 29.3 Å². The van der Waals surface area contributed by atoms with Gasteiger partial charge in [0, 0.05) is 6.20 Å². The van der Waals surface area contributed by atoms with Crippen molar-refractivity contribution in [2.24, 2.45) is 0 Å². The van der Waals surface area contributed by atoms with Gasteiger partial charge in [-0.3, -0.25) is 4.79 Å². The van der Waals surface area contributed by atoms with Gasteiger partial charge in [0.25, 0.3) is 0 Å². The summed E-state index contributed by atoms with van der Waals surface area (Å²) in [6, 6.07) is 3.50. The van der Waals surface area contributed by atoms with Gasteiger partial charge in [0.2, 0.25) is 0 Å². The lowest BCUT2D eigenvalue weighted by molar-refractivity contribution is -0.153. The number of carbonyl (C=O) groups excluding carboxylic acids is 1. The zero-order chi connectivity index (χ0) is 13.1. The average Bonchev–Trinajstić information content (AvgIpc) is 2.18. The van der Waals surface area contributed by atoms with E-state index in [4.69, 9.17) is 16.3 Å². The highest BCUT2D eigenvalue weighted by Crippen LogP contribution is 2.29. The van der Waals surface area contributed by atoms with Gasteiger partial charge in [-0.1, -0.05) is 23.4 Å². The van der Waals surface area contributed by atoms with Crippen molar-refractivity contribution in [1.29, 1.82) is 0 Å². The summed E-state index contributed by atoms with van der Waals surface area (Å²) in [4.78, 5) is 15.9. The van der Waals surface area contributed by atoms with Gasteiger partial charge in [-0.25, -0.2) is 4.98 Å². The third-order valence-corrected chi connectivity index (χ3v) is 3.26. The van der Waals surface area contributed by atoms with Crippen LogP contribution in [0.25, 0.3) is 0 Å². The summed E-state index contributed by atoms with van der Waals surface area (Å²) >= 11 is 7.27. The van der Waals surface area contributed by atoms with E-state index >= 15 is 0 Å². The molecule has 17 heavy (non-hydrogen) atoms. The van der Waals surface area contributed by atoms with Crippen LogP contribution in [0.15, 0.2) is 23.4 Å². The van der Waals surface area contributed by atoms with E-state index in [0.29, 0.717) is 10.0 Å². The molecule has 5 heteroatoms. The first-order valence-corrected chi connectivity index (χ1v) is 6.55. The minimum Gasteiger partial charge on any atom is -0.459 e. The van der Waals surface area contributed by atoms with E-state index in [1.165, 1.54) is 11.8 Å². The number of ether oxygens (including phenoxy) is 1. The van der Waals surface area contributed by atoms with E-state index in [0.717, 1.165) is 0 Å². The zero-order valence-electron chi connectivity index (χ0n) is 10.4. The van der Waals surface area contributed by atoms with E-state index in [-0.39, 0.29) is 11.2 Å². The summed E-state index contributed by atoms with van der Waals surface area (Å²) in [5.41, 5.74) is -0.472. The molecule has 0 saturated heterocycles. The van der Waals surface area contributed by atoms with Gasteiger partial charge < -0.3 is 4.74 Å². The Hall–Kier alpha value is -0.740.